The molecule has 0 aliphatic rings. The van der Waals surface area contributed by atoms with Gasteiger partial charge in [-0.05, 0) is 6.07 Å². The minimum absolute atomic E-state index is 0. The van der Waals surface area contributed by atoms with Gasteiger partial charge in [0.1, 0.15) is 0 Å². The molecule has 0 amide bonds. The Kier molecular flexibility index (Phi) is 11.7. The SMILES string of the molecule is O=Cc1ccccc1[N+](=O)[O-].O=S([O-])O.[K+]. The second-order valence-electron chi connectivity index (χ2n) is 2.15. The monoisotopic (exact) mass is 271 g/mol. The van der Waals surface area contributed by atoms with Gasteiger partial charge in [0.15, 0.2) is 6.29 Å². The van der Waals surface area contributed by atoms with Gasteiger partial charge >= 0.3 is 51.4 Å². The van der Waals surface area contributed by atoms with E-state index < -0.39 is 16.3 Å². The van der Waals surface area contributed by atoms with Gasteiger partial charge in [0, 0.05) is 6.07 Å². The maximum Gasteiger partial charge on any atom is 1.00 e. The van der Waals surface area contributed by atoms with Crippen molar-refractivity contribution in [3.8, 4) is 0 Å². The standard InChI is InChI=1S/C7H5NO3.K.H2O3S/c9-5-6-3-1-2-4-7(6)8(10)11;;1-4(2)3/h1-5H;;(H2,1,2,3)/q;+1;/p-1. The molecular weight excluding hydrogens is 265 g/mol. The van der Waals surface area contributed by atoms with Crippen LogP contribution in [-0.4, -0.2) is 24.5 Å². The maximum atomic E-state index is 10.2. The van der Waals surface area contributed by atoms with E-state index in [-0.39, 0.29) is 62.6 Å². The van der Waals surface area contributed by atoms with E-state index in [0.29, 0.717) is 6.29 Å². The molecule has 1 N–H and O–H groups in total. The molecule has 0 aliphatic carbocycles. The summed E-state index contributed by atoms with van der Waals surface area (Å²) in [5, 5.41) is 10.2. The molecule has 1 aromatic rings. The van der Waals surface area contributed by atoms with Gasteiger partial charge < -0.3 is 9.11 Å². The number of carbonyl (C=O) groups is 1. The predicted molar refractivity (Wildman–Crippen MR) is 50.0 cm³/mol. The van der Waals surface area contributed by atoms with Crippen LogP contribution in [0.3, 0.4) is 0 Å². The molecule has 0 radical (unpaired) electrons. The van der Waals surface area contributed by atoms with E-state index in [0.717, 1.165) is 0 Å². The molecule has 1 rings (SSSR count). The molecule has 1 atom stereocenters. The Hall–Kier alpha value is -0.00364. The normalized spacial score (nSPS) is 10.1. The summed E-state index contributed by atoms with van der Waals surface area (Å²) in [6, 6.07) is 5.80. The van der Waals surface area contributed by atoms with Gasteiger partial charge in [-0.3, -0.25) is 14.9 Å². The van der Waals surface area contributed by atoms with Crippen LogP contribution in [0.4, 0.5) is 5.69 Å². The first-order valence-electron chi connectivity index (χ1n) is 3.46. The van der Waals surface area contributed by atoms with Gasteiger partial charge in [0.05, 0.1) is 21.8 Å². The molecule has 0 saturated heterocycles. The van der Waals surface area contributed by atoms with E-state index in [1.54, 1.807) is 6.07 Å². The van der Waals surface area contributed by atoms with Crippen LogP contribution in [0.15, 0.2) is 24.3 Å². The van der Waals surface area contributed by atoms with Crippen molar-refractivity contribution in [1.82, 2.24) is 0 Å². The van der Waals surface area contributed by atoms with Crippen molar-refractivity contribution in [2.45, 2.75) is 0 Å². The first-order valence-corrected chi connectivity index (χ1v) is 4.49. The van der Waals surface area contributed by atoms with Crippen LogP contribution in [0, 0.1) is 10.1 Å². The molecule has 0 aliphatic heterocycles. The number of hydrogen-bond donors (Lipinski definition) is 1. The topological polar surface area (TPSA) is 121 Å². The molecule has 0 aromatic heterocycles. The average Bonchev–Trinajstić information content (AvgIpc) is 2.16. The third-order valence-electron chi connectivity index (χ3n) is 1.26. The molecule has 0 spiro atoms. The van der Waals surface area contributed by atoms with Crippen LogP contribution in [0.2, 0.25) is 0 Å². The summed E-state index contributed by atoms with van der Waals surface area (Å²) in [4.78, 5) is 19.9. The van der Waals surface area contributed by atoms with Crippen LogP contribution < -0.4 is 51.4 Å². The van der Waals surface area contributed by atoms with Crippen LogP contribution in [0.25, 0.3) is 0 Å². The Bertz CT molecular complexity index is 381. The number of para-hydroxylation sites is 1. The minimum atomic E-state index is -2.86. The van der Waals surface area contributed by atoms with Gasteiger partial charge in [-0.1, -0.05) is 12.1 Å². The number of nitrogens with zero attached hydrogens (tertiary/aromatic N) is 1. The fourth-order valence-corrected chi connectivity index (χ4v) is 0.753. The number of aldehydes is 1. The Morgan fingerprint density at radius 3 is 2.12 bits per heavy atom. The molecule has 0 bridgehead atoms. The van der Waals surface area contributed by atoms with E-state index in [1.165, 1.54) is 18.2 Å². The van der Waals surface area contributed by atoms with E-state index in [2.05, 4.69) is 0 Å². The van der Waals surface area contributed by atoms with E-state index in [4.69, 9.17) is 13.3 Å². The fourth-order valence-electron chi connectivity index (χ4n) is 0.753. The van der Waals surface area contributed by atoms with Crippen LogP contribution in [-0.2, 0) is 11.4 Å². The quantitative estimate of drug-likeness (QED) is 0.213. The number of hydrogen-bond acceptors (Lipinski definition) is 5. The van der Waals surface area contributed by atoms with Crippen molar-refractivity contribution in [3.05, 3.63) is 39.9 Å². The minimum Gasteiger partial charge on any atom is -0.750 e. The molecule has 1 aromatic carbocycles. The summed E-state index contributed by atoms with van der Waals surface area (Å²) in [6.07, 6.45) is 0.470. The van der Waals surface area contributed by atoms with Crippen molar-refractivity contribution in [2.24, 2.45) is 0 Å². The zero-order valence-corrected chi connectivity index (χ0v) is 12.2. The number of nitro benzene ring substituents is 1. The van der Waals surface area contributed by atoms with Crippen molar-refractivity contribution in [1.29, 1.82) is 0 Å². The number of nitro groups is 1. The summed E-state index contributed by atoms with van der Waals surface area (Å²) >= 11 is -2.86. The molecule has 16 heavy (non-hydrogen) atoms. The first-order chi connectivity index (χ1) is 6.99. The molecule has 1 unspecified atom stereocenters. The van der Waals surface area contributed by atoms with Crippen LogP contribution >= 0.6 is 0 Å². The summed E-state index contributed by atoms with van der Waals surface area (Å²) in [5.41, 5.74) is -0.0417. The number of rotatable bonds is 2. The Balaban J connectivity index is 0. The van der Waals surface area contributed by atoms with Gasteiger partial charge in [-0.2, -0.15) is 0 Å². The van der Waals surface area contributed by atoms with Gasteiger partial charge in [-0.15, -0.1) is 0 Å². The van der Waals surface area contributed by atoms with Crippen molar-refractivity contribution < 1.29 is 74.4 Å². The van der Waals surface area contributed by atoms with E-state index >= 15 is 0 Å². The van der Waals surface area contributed by atoms with Crippen LogP contribution in [0.1, 0.15) is 10.4 Å². The summed E-state index contributed by atoms with van der Waals surface area (Å²) < 4.78 is 24.1. The molecular formula is C7H6KNO6S. The molecule has 7 nitrogen and oxygen atoms in total. The summed E-state index contributed by atoms with van der Waals surface area (Å²) in [7, 11) is 0. The molecule has 0 heterocycles. The second-order valence-corrected chi connectivity index (χ2v) is 2.59. The molecule has 0 fully saturated rings. The fraction of sp³-hybridized carbons (Fsp3) is 0. The third-order valence-corrected chi connectivity index (χ3v) is 1.26. The van der Waals surface area contributed by atoms with Gasteiger partial charge in [0.25, 0.3) is 5.69 Å². The Morgan fingerprint density at radius 1 is 1.38 bits per heavy atom. The van der Waals surface area contributed by atoms with Gasteiger partial charge in [-0.25, -0.2) is 4.21 Å². The Morgan fingerprint density at radius 2 is 1.81 bits per heavy atom. The number of carbonyl (C=O) groups excluding carboxylic acids is 1. The maximum absolute atomic E-state index is 10.2. The Labute approximate surface area is 136 Å². The summed E-state index contributed by atoms with van der Waals surface area (Å²) in [6.45, 7) is 0. The molecule has 9 heteroatoms. The molecule has 0 saturated carbocycles. The first kappa shape index (κ1) is 18.4. The smallest absolute Gasteiger partial charge is 0.750 e. The average molecular weight is 271 g/mol. The van der Waals surface area contributed by atoms with Crippen molar-refractivity contribution in [2.75, 3.05) is 0 Å². The van der Waals surface area contributed by atoms with E-state index in [9.17, 15) is 14.9 Å². The van der Waals surface area contributed by atoms with Crippen molar-refractivity contribution >= 4 is 23.3 Å². The molecule has 82 valence electrons. The number of benzene rings is 1. The van der Waals surface area contributed by atoms with Crippen LogP contribution in [0.5, 0.6) is 0 Å². The second kappa shape index (κ2) is 10.2. The van der Waals surface area contributed by atoms with E-state index in [1.807, 2.05) is 0 Å². The third kappa shape index (κ3) is 8.18. The summed E-state index contributed by atoms with van der Waals surface area (Å²) in [5.74, 6) is 0. The van der Waals surface area contributed by atoms with Gasteiger partial charge in [0.2, 0.25) is 0 Å². The van der Waals surface area contributed by atoms with Crippen molar-refractivity contribution in [3.63, 3.8) is 0 Å². The predicted octanol–water partition coefficient (Wildman–Crippen LogP) is -2.25. The zero-order valence-electron chi connectivity index (χ0n) is 8.23. The zero-order chi connectivity index (χ0) is 11.8. The largest absolute Gasteiger partial charge is 1.00 e.